The van der Waals surface area contributed by atoms with E-state index in [4.69, 9.17) is 9.47 Å². The average Bonchev–Trinajstić information content (AvgIpc) is 3.21. The number of benzene rings is 2. The lowest BCUT2D eigenvalue weighted by molar-refractivity contribution is 0.0739. The number of methoxy groups -OCH3 is 2. The summed E-state index contributed by atoms with van der Waals surface area (Å²) in [5.74, 6) is 1.48. The van der Waals surface area contributed by atoms with Crippen LogP contribution >= 0.6 is 0 Å². The Morgan fingerprint density at radius 2 is 1.80 bits per heavy atom. The van der Waals surface area contributed by atoms with E-state index < -0.39 is 0 Å². The van der Waals surface area contributed by atoms with Crippen molar-refractivity contribution in [1.82, 2.24) is 4.90 Å². The van der Waals surface area contributed by atoms with Crippen molar-refractivity contribution in [2.45, 2.75) is 31.7 Å². The first-order valence-electron chi connectivity index (χ1n) is 8.93. The van der Waals surface area contributed by atoms with Gasteiger partial charge in [0.25, 0.3) is 5.91 Å². The van der Waals surface area contributed by atoms with Gasteiger partial charge in [0.05, 0.1) is 20.3 Å². The van der Waals surface area contributed by atoms with Gasteiger partial charge in [-0.25, -0.2) is 0 Å². The molecule has 0 saturated carbocycles. The molecular formula is C21H21NO3. The minimum Gasteiger partial charge on any atom is -0.493 e. The number of fused-ring (bicyclic) bond motifs is 6. The Bertz CT molecular complexity index is 902. The maximum absolute atomic E-state index is 13.0. The quantitative estimate of drug-likeness (QED) is 0.845. The highest BCUT2D eigenvalue weighted by Gasteiger charge is 2.44. The van der Waals surface area contributed by atoms with Crippen LogP contribution in [0.2, 0.25) is 0 Å². The Balaban J connectivity index is 1.76. The van der Waals surface area contributed by atoms with Crippen LogP contribution in [0.3, 0.4) is 0 Å². The first-order chi connectivity index (χ1) is 12.2. The van der Waals surface area contributed by atoms with Gasteiger partial charge in [-0.05, 0) is 60.1 Å². The molecule has 0 saturated heterocycles. The molecule has 5 rings (SSSR count). The highest BCUT2D eigenvalue weighted by molar-refractivity contribution is 6.01. The van der Waals surface area contributed by atoms with Gasteiger partial charge in [0.1, 0.15) is 0 Å². The fourth-order valence-corrected chi connectivity index (χ4v) is 4.80. The fourth-order valence-electron chi connectivity index (χ4n) is 4.80. The van der Waals surface area contributed by atoms with Gasteiger partial charge < -0.3 is 14.4 Å². The summed E-state index contributed by atoms with van der Waals surface area (Å²) < 4.78 is 11.2. The molecule has 1 atom stereocenters. The summed E-state index contributed by atoms with van der Waals surface area (Å²) >= 11 is 0. The molecule has 3 aliphatic rings. The number of hydrogen-bond acceptors (Lipinski definition) is 3. The van der Waals surface area contributed by atoms with Crippen LogP contribution in [0.4, 0.5) is 0 Å². The zero-order chi connectivity index (χ0) is 17.1. The monoisotopic (exact) mass is 335 g/mol. The van der Waals surface area contributed by atoms with Gasteiger partial charge in [0, 0.05) is 17.7 Å². The van der Waals surface area contributed by atoms with Gasteiger partial charge >= 0.3 is 0 Å². The number of carbonyl (C=O) groups excluding carboxylic acids is 1. The lowest BCUT2D eigenvalue weighted by Gasteiger charge is -2.33. The normalized spacial score (nSPS) is 20.0. The molecule has 2 aromatic rings. The second kappa shape index (κ2) is 5.25. The number of nitrogens with zero attached hydrogens (tertiary/aromatic N) is 1. The molecule has 4 nitrogen and oxygen atoms in total. The molecule has 0 spiro atoms. The van der Waals surface area contributed by atoms with Crippen LogP contribution in [0.15, 0.2) is 24.3 Å². The van der Waals surface area contributed by atoms with Crippen molar-refractivity contribution in [2.24, 2.45) is 0 Å². The summed E-state index contributed by atoms with van der Waals surface area (Å²) in [5, 5.41) is 0. The topological polar surface area (TPSA) is 38.8 Å². The smallest absolute Gasteiger partial charge is 0.255 e. The maximum Gasteiger partial charge on any atom is 0.255 e. The highest BCUT2D eigenvalue weighted by Crippen LogP contribution is 2.50. The largest absolute Gasteiger partial charge is 0.493 e. The number of hydrogen-bond donors (Lipinski definition) is 0. The molecule has 1 amide bonds. The molecule has 2 heterocycles. The van der Waals surface area contributed by atoms with Crippen molar-refractivity contribution >= 4 is 5.91 Å². The lowest BCUT2D eigenvalue weighted by atomic mass is 9.86. The molecule has 4 heteroatoms. The van der Waals surface area contributed by atoms with E-state index in [9.17, 15) is 4.79 Å². The number of ether oxygens (including phenoxy) is 2. The molecule has 0 bridgehead atoms. The van der Waals surface area contributed by atoms with E-state index in [1.807, 2.05) is 17.0 Å². The van der Waals surface area contributed by atoms with E-state index in [2.05, 4.69) is 12.1 Å². The SMILES string of the molecule is COc1ccc2c(c1OC)C1c3cc4c(cc3CCN1C2=O)CCC4. The minimum absolute atomic E-state index is 0.0535. The Kier molecular flexibility index (Phi) is 3.11. The standard InChI is InChI=1S/C21H21NO3/c1-24-17-7-6-15-18(20(17)25-2)19-16-11-13-5-3-4-12(13)10-14(16)8-9-22(19)21(15)23/h6-7,10-11,19H,3-5,8-9H2,1-2H3. The van der Waals surface area contributed by atoms with Gasteiger partial charge in [-0.1, -0.05) is 12.1 Å². The van der Waals surface area contributed by atoms with Crippen LogP contribution in [0, 0.1) is 0 Å². The fraction of sp³-hybridized carbons (Fsp3) is 0.381. The van der Waals surface area contributed by atoms with Gasteiger partial charge in [-0.2, -0.15) is 0 Å². The predicted octanol–water partition coefficient (Wildman–Crippen LogP) is 3.29. The molecule has 0 aromatic heterocycles. The van der Waals surface area contributed by atoms with E-state index in [-0.39, 0.29) is 11.9 Å². The summed E-state index contributed by atoms with van der Waals surface area (Å²) in [6.07, 6.45) is 4.49. The van der Waals surface area contributed by atoms with E-state index >= 15 is 0 Å². The first kappa shape index (κ1) is 14.8. The third-order valence-corrected chi connectivity index (χ3v) is 5.93. The molecule has 0 fully saturated rings. The van der Waals surface area contributed by atoms with Crippen molar-refractivity contribution in [3.05, 3.63) is 57.6 Å². The molecule has 0 N–H and O–H groups in total. The Labute approximate surface area is 147 Å². The van der Waals surface area contributed by atoms with Crippen molar-refractivity contribution in [1.29, 1.82) is 0 Å². The second-order valence-electron chi connectivity index (χ2n) is 7.09. The van der Waals surface area contributed by atoms with Crippen LogP contribution in [-0.4, -0.2) is 31.6 Å². The summed E-state index contributed by atoms with van der Waals surface area (Å²) in [6, 6.07) is 8.38. The lowest BCUT2D eigenvalue weighted by Crippen LogP contribution is -2.35. The minimum atomic E-state index is -0.0535. The number of aryl methyl sites for hydroxylation is 2. The van der Waals surface area contributed by atoms with Crippen LogP contribution in [0.25, 0.3) is 0 Å². The van der Waals surface area contributed by atoms with Gasteiger partial charge in [0.15, 0.2) is 11.5 Å². The average molecular weight is 335 g/mol. The molecule has 0 radical (unpaired) electrons. The van der Waals surface area contributed by atoms with Crippen LogP contribution in [0.5, 0.6) is 11.5 Å². The molecule has 1 unspecified atom stereocenters. The second-order valence-corrected chi connectivity index (χ2v) is 7.09. The van der Waals surface area contributed by atoms with E-state index in [1.54, 1.807) is 14.2 Å². The summed E-state index contributed by atoms with van der Waals surface area (Å²) in [7, 11) is 3.29. The zero-order valence-electron chi connectivity index (χ0n) is 14.6. The van der Waals surface area contributed by atoms with E-state index in [1.165, 1.54) is 35.1 Å². The molecule has 128 valence electrons. The summed E-state index contributed by atoms with van der Waals surface area (Å²) in [4.78, 5) is 15.0. The third kappa shape index (κ3) is 1.91. The van der Waals surface area contributed by atoms with Crippen molar-refractivity contribution in [3.63, 3.8) is 0 Å². The van der Waals surface area contributed by atoms with Crippen molar-refractivity contribution < 1.29 is 14.3 Å². The summed E-state index contributed by atoms with van der Waals surface area (Å²) in [5.41, 5.74) is 7.30. The van der Waals surface area contributed by atoms with Gasteiger partial charge in [-0.3, -0.25) is 4.79 Å². The van der Waals surface area contributed by atoms with E-state index in [0.29, 0.717) is 11.5 Å². The summed E-state index contributed by atoms with van der Waals surface area (Å²) in [6.45, 7) is 0.759. The first-order valence-corrected chi connectivity index (χ1v) is 8.93. The van der Waals surface area contributed by atoms with Crippen LogP contribution in [-0.2, 0) is 19.3 Å². The van der Waals surface area contributed by atoms with Gasteiger partial charge in [-0.15, -0.1) is 0 Å². The Hall–Kier alpha value is -2.49. The Morgan fingerprint density at radius 3 is 2.56 bits per heavy atom. The van der Waals surface area contributed by atoms with Crippen LogP contribution < -0.4 is 9.47 Å². The number of carbonyl (C=O) groups is 1. The predicted molar refractivity (Wildman–Crippen MR) is 94.6 cm³/mol. The van der Waals surface area contributed by atoms with Crippen molar-refractivity contribution in [3.8, 4) is 11.5 Å². The highest BCUT2D eigenvalue weighted by atomic mass is 16.5. The third-order valence-electron chi connectivity index (χ3n) is 5.93. The molecular weight excluding hydrogens is 314 g/mol. The van der Waals surface area contributed by atoms with Crippen LogP contribution in [0.1, 0.15) is 50.6 Å². The van der Waals surface area contributed by atoms with Gasteiger partial charge in [0.2, 0.25) is 0 Å². The molecule has 1 aliphatic carbocycles. The molecule has 2 aromatic carbocycles. The molecule has 2 aliphatic heterocycles. The van der Waals surface area contributed by atoms with Crippen molar-refractivity contribution in [2.75, 3.05) is 20.8 Å². The number of amides is 1. The Morgan fingerprint density at radius 1 is 1.00 bits per heavy atom. The molecule has 25 heavy (non-hydrogen) atoms. The number of rotatable bonds is 2. The maximum atomic E-state index is 13.0. The zero-order valence-corrected chi connectivity index (χ0v) is 14.6. The van der Waals surface area contributed by atoms with E-state index in [0.717, 1.165) is 30.5 Å².